The van der Waals surface area contributed by atoms with Gasteiger partial charge in [0.2, 0.25) is 5.91 Å². The molecule has 6 heteroatoms. The minimum absolute atomic E-state index is 0.0487. The summed E-state index contributed by atoms with van der Waals surface area (Å²) in [6, 6.07) is 2.91. The van der Waals surface area contributed by atoms with E-state index in [-0.39, 0.29) is 37.0 Å². The number of amides is 1. The maximum atomic E-state index is 13.6. The van der Waals surface area contributed by atoms with Crippen molar-refractivity contribution in [1.29, 1.82) is 0 Å². The van der Waals surface area contributed by atoms with Crippen molar-refractivity contribution in [1.82, 2.24) is 5.32 Å². The summed E-state index contributed by atoms with van der Waals surface area (Å²) in [5, 5.41) is 2.84. The molecule has 3 rings (SSSR count). The average molecular weight is 308 g/mol. The zero-order valence-corrected chi connectivity index (χ0v) is 12.4. The van der Waals surface area contributed by atoms with Crippen LogP contribution in [0.15, 0.2) is 12.1 Å². The van der Waals surface area contributed by atoms with Crippen LogP contribution in [0.25, 0.3) is 0 Å². The van der Waals surface area contributed by atoms with Gasteiger partial charge in [0.15, 0.2) is 6.79 Å². The maximum Gasteiger partial charge on any atom is 0.220 e. The number of fused-ring (bicyclic) bond motifs is 1. The van der Waals surface area contributed by atoms with Gasteiger partial charge in [-0.05, 0) is 30.9 Å². The second-order valence-corrected chi connectivity index (χ2v) is 6.00. The standard InChI is InChI=1S/C16H21FN2O3/c17-13-4-11(16-12(5-13)8-21-9-22-16)7-19-15(20)6-10-2-1-3-14(10)18/h4-5,10,14H,1-3,6-9,18H2,(H,19,20)/t10-,14+/m0/s1. The van der Waals surface area contributed by atoms with E-state index in [4.69, 9.17) is 15.2 Å². The molecule has 2 atom stereocenters. The normalized spacial score (nSPS) is 23.7. The highest BCUT2D eigenvalue weighted by Crippen LogP contribution is 2.30. The quantitative estimate of drug-likeness (QED) is 0.890. The number of nitrogens with one attached hydrogen (secondary N) is 1. The van der Waals surface area contributed by atoms with E-state index in [2.05, 4.69) is 5.32 Å². The Kier molecular flexibility index (Phi) is 4.59. The fourth-order valence-electron chi connectivity index (χ4n) is 3.21. The minimum atomic E-state index is -0.352. The van der Waals surface area contributed by atoms with E-state index in [1.54, 1.807) is 0 Å². The van der Waals surface area contributed by atoms with Gasteiger partial charge in [0.05, 0.1) is 6.61 Å². The van der Waals surface area contributed by atoms with Gasteiger partial charge in [-0.3, -0.25) is 4.79 Å². The molecule has 1 aromatic rings. The van der Waals surface area contributed by atoms with Crippen molar-refractivity contribution in [3.8, 4) is 5.75 Å². The van der Waals surface area contributed by atoms with Gasteiger partial charge in [-0.2, -0.15) is 0 Å². The van der Waals surface area contributed by atoms with Crippen molar-refractivity contribution in [2.24, 2.45) is 11.7 Å². The van der Waals surface area contributed by atoms with Gasteiger partial charge in [-0.15, -0.1) is 0 Å². The Morgan fingerprint density at radius 2 is 2.27 bits per heavy atom. The third-order valence-electron chi connectivity index (χ3n) is 4.39. The van der Waals surface area contributed by atoms with E-state index in [9.17, 15) is 9.18 Å². The number of carbonyl (C=O) groups excluding carboxylic acids is 1. The lowest BCUT2D eigenvalue weighted by Gasteiger charge is -2.21. The molecule has 0 bridgehead atoms. The Morgan fingerprint density at radius 3 is 3.05 bits per heavy atom. The number of nitrogens with two attached hydrogens (primary N) is 1. The Balaban J connectivity index is 1.61. The van der Waals surface area contributed by atoms with Crippen molar-refractivity contribution in [3.63, 3.8) is 0 Å². The van der Waals surface area contributed by atoms with Crippen molar-refractivity contribution >= 4 is 5.91 Å². The number of halogens is 1. The molecule has 1 aliphatic carbocycles. The molecule has 3 N–H and O–H groups in total. The smallest absolute Gasteiger partial charge is 0.220 e. The second-order valence-electron chi connectivity index (χ2n) is 6.00. The lowest BCUT2D eigenvalue weighted by Crippen LogP contribution is -2.31. The Labute approximate surface area is 129 Å². The molecule has 0 unspecified atom stereocenters. The fourth-order valence-corrected chi connectivity index (χ4v) is 3.21. The average Bonchev–Trinajstić information content (AvgIpc) is 2.90. The van der Waals surface area contributed by atoms with Crippen LogP contribution in [0.2, 0.25) is 0 Å². The first-order valence-corrected chi connectivity index (χ1v) is 7.67. The molecule has 1 amide bonds. The summed E-state index contributed by atoms with van der Waals surface area (Å²) in [5.74, 6) is 0.471. The van der Waals surface area contributed by atoms with E-state index in [1.807, 2.05) is 0 Å². The van der Waals surface area contributed by atoms with Crippen molar-refractivity contribution in [3.05, 3.63) is 29.1 Å². The molecular formula is C16H21FN2O3. The maximum absolute atomic E-state index is 13.6. The van der Waals surface area contributed by atoms with Crippen molar-refractivity contribution in [2.45, 2.75) is 44.9 Å². The van der Waals surface area contributed by atoms with Crippen LogP contribution < -0.4 is 15.8 Å². The molecule has 1 saturated carbocycles. The molecule has 1 fully saturated rings. The number of hydrogen-bond acceptors (Lipinski definition) is 4. The SMILES string of the molecule is N[C@@H]1CCC[C@H]1CC(=O)NCc1cc(F)cc2c1OCOC2. The van der Waals surface area contributed by atoms with Gasteiger partial charge in [-0.1, -0.05) is 6.42 Å². The van der Waals surface area contributed by atoms with Crippen LogP contribution >= 0.6 is 0 Å². The zero-order valence-electron chi connectivity index (χ0n) is 12.4. The molecule has 5 nitrogen and oxygen atoms in total. The van der Waals surface area contributed by atoms with E-state index in [0.717, 1.165) is 19.3 Å². The van der Waals surface area contributed by atoms with Crippen LogP contribution in [-0.2, 0) is 22.7 Å². The van der Waals surface area contributed by atoms with E-state index < -0.39 is 0 Å². The summed E-state index contributed by atoms with van der Waals surface area (Å²) < 4.78 is 24.2. The predicted octanol–water partition coefficient (Wildman–Crippen LogP) is 1.83. The molecule has 0 radical (unpaired) electrons. The first kappa shape index (κ1) is 15.2. The van der Waals surface area contributed by atoms with Gasteiger partial charge < -0.3 is 20.5 Å². The second kappa shape index (κ2) is 6.62. The summed E-state index contributed by atoms with van der Waals surface area (Å²) in [4.78, 5) is 12.0. The molecule has 120 valence electrons. The zero-order chi connectivity index (χ0) is 15.5. The molecule has 0 spiro atoms. The molecule has 1 aromatic carbocycles. The van der Waals surface area contributed by atoms with Gasteiger partial charge >= 0.3 is 0 Å². The first-order valence-electron chi connectivity index (χ1n) is 7.67. The van der Waals surface area contributed by atoms with Gasteiger partial charge in [0.25, 0.3) is 0 Å². The molecule has 1 aliphatic heterocycles. The van der Waals surface area contributed by atoms with Gasteiger partial charge in [0.1, 0.15) is 11.6 Å². The van der Waals surface area contributed by atoms with Crippen LogP contribution in [0.4, 0.5) is 4.39 Å². The molecule has 1 heterocycles. The topological polar surface area (TPSA) is 73.6 Å². The van der Waals surface area contributed by atoms with E-state index in [0.29, 0.717) is 29.9 Å². The van der Waals surface area contributed by atoms with Crippen LogP contribution in [0.1, 0.15) is 36.8 Å². The Hall–Kier alpha value is -1.66. The fraction of sp³-hybridized carbons (Fsp3) is 0.562. The van der Waals surface area contributed by atoms with Gasteiger partial charge in [-0.25, -0.2) is 4.39 Å². The van der Waals surface area contributed by atoms with Crippen LogP contribution in [0.3, 0.4) is 0 Å². The summed E-state index contributed by atoms with van der Waals surface area (Å²) >= 11 is 0. The third-order valence-corrected chi connectivity index (χ3v) is 4.39. The van der Waals surface area contributed by atoms with Crippen LogP contribution in [0.5, 0.6) is 5.75 Å². The molecule has 22 heavy (non-hydrogen) atoms. The summed E-state index contributed by atoms with van der Waals surface area (Å²) in [7, 11) is 0. The Morgan fingerprint density at radius 1 is 1.41 bits per heavy atom. The highest BCUT2D eigenvalue weighted by atomic mass is 19.1. The molecular weight excluding hydrogens is 287 g/mol. The van der Waals surface area contributed by atoms with E-state index in [1.165, 1.54) is 12.1 Å². The third kappa shape index (κ3) is 3.39. The highest BCUT2D eigenvalue weighted by Gasteiger charge is 2.26. The lowest BCUT2D eigenvalue weighted by molar-refractivity contribution is -0.122. The van der Waals surface area contributed by atoms with Crippen molar-refractivity contribution in [2.75, 3.05) is 6.79 Å². The van der Waals surface area contributed by atoms with E-state index >= 15 is 0 Å². The van der Waals surface area contributed by atoms with Gasteiger partial charge in [0, 0.05) is 30.1 Å². The molecule has 2 aliphatic rings. The molecule has 0 aromatic heterocycles. The number of benzene rings is 1. The van der Waals surface area contributed by atoms with Crippen LogP contribution in [-0.4, -0.2) is 18.7 Å². The minimum Gasteiger partial charge on any atom is -0.467 e. The first-order chi connectivity index (χ1) is 10.6. The summed E-state index contributed by atoms with van der Waals surface area (Å²) in [6.45, 7) is 0.725. The predicted molar refractivity (Wildman–Crippen MR) is 78.5 cm³/mol. The largest absolute Gasteiger partial charge is 0.467 e. The number of ether oxygens (including phenoxy) is 2. The summed E-state index contributed by atoms with van der Waals surface area (Å²) in [6.07, 6.45) is 3.51. The van der Waals surface area contributed by atoms with Crippen LogP contribution in [0, 0.1) is 11.7 Å². The number of hydrogen-bond donors (Lipinski definition) is 2. The highest BCUT2D eigenvalue weighted by molar-refractivity contribution is 5.76. The Bertz CT molecular complexity index is 565. The molecule has 0 saturated heterocycles. The lowest BCUT2D eigenvalue weighted by atomic mass is 10.00. The number of rotatable bonds is 4. The summed E-state index contributed by atoms with van der Waals surface area (Å²) in [5.41, 5.74) is 7.30. The van der Waals surface area contributed by atoms with Crippen molar-refractivity contribution < 1.29 is 18.7 Å². The number of carbonyl (C=O) groups is 1. The monoisotopic (exact) mass is 308 g/mol.